The standard InChI is InChI=1S/C25H29FN2O5/c1-13(2)20(27)24(31)32-22-21(28-23(30)15-6-9-17(26)10-7-15)18-12-16(14(3)29)8-11-19(18)33-25(22,4)5/h6-13,20-22H,27H2,1-5H3,(H,28,30)/t20-,21-,22+/m0/s1. The van der Waals surface area contributed by atoms with Gasteiger partial charge < -0.3 is 20.5 Å². The number of fused-ring (bicyclic) bond motifs is 1. The van der Waals surface area contributed by atoms with Crippen LogP contribution >= 0.6 is 0 Å². The number of esters is 1. The van der Waals surface area contributed by atoms with Gasteiger partial charge in [0.1, 0.15) is 23.2 Å². The highest BCUT2D eigenvalue weighted by Crippen LogP contribution is 2.42. The highest BCUT2D eigenvalue weighted by molar-refractivity contribution is 5.95. The fourth-order valence-electron chi connectivity index (χ4n) is 3.67. The molecule has 1 aliphatic rings. The summed E-state index contributed by atoms with van der Waals surface area (Å²) in [7, 11) is 0. The Hall–Kier alpha value is -3.26. The van der Waals surface area contributed by atoms with Crippen molar-refractivity contribution < 1.29 is 28.2 Å². The number of carbonyl (C=O) groups excluding carboxylic acids is 3. The van der Waals surface area contributed by atoms with E-state index >= 15 is 0 Å². The van der Waals surface area contributed by atoms with Crippen molar-refractivity contribution in [1.29, 1.82) is 0 Å². The molecule has 0 radical (unpaired) electrons. The summed E-state index contributed by atoms with van der Waals surface area (Å²) in [5.41, 5.74) is 6.11. The minimum Gasteiger partial charge on any atom is -0.484 e. The van der Waals surface area contributed by atoms with Gasteiger partial charge in [0.2, 0.25) is 0 Å². The Balaban J connectivity index is 2.05. The molecule has 2 aromatic carbocycles. The van der Waals surface area contributed by atoms with Crippen molar-refractivity contribution >= 4 is 17.7 Å². The van der Waals surface area contributed by atoms with Gasteiger partial charge in [0, 0.05) is 16.7 Å². The zero-order valence-electron chi connectivity index (χ0n) is 19.3. The largest absolute Gasteiger partial charge is 0.484 e. The van der Waals surface area contributed by atoms with E-state index in [2.05, 4.69) is 5.32 Å². The second-order valence-corrected chi connectivity index (χ2v) is 9.10. The fourth-order valence-corrected chi connectivity index (χ4v) is 3.67. The van der Waals surface area contributed by atoms with Gasteiger partial charge in [0.05, 0.1) is 6.04 Å². The Morgan fingerprint density at radius 1 is 1.09 bits per heavy atom. The zero-order valence-corrected chi connectivity index (χ0v) is 19.3. The molecule has 0 fully saturated rings. The zero-order chi connectivity index (χ0) is 24.5. The topological polar surface area (TPSA) is 108 Å². The van der Waals surface area contributed by atoms with Crippen LogP contribution in [0.25, 0.3) is 0 Å². The quantitative estimate of drug-likeness (QED) is 0.508. The van der Waals surface area contributed by atoms with Gasteiger partial charge in [-0.05, 0) is 69.2 Å². The van der Waals surface area contributed by atoms with E-state index in [1.54, 1.807) is 45.9 Å². The maximum absolute atomic E-state index is 13.3. The van der Waals surface area contributed by atoms with Crippen LogP contribution in [0, 0.1) is 11.7 Å². The molecular weight excluding hydrogens is 427 g/mol. The lowest BCUT2D eigenvalue weighted by Crippen LogP contribution is -2.56. The number of hydrogen-bond acceptors (Lipinski definition) is 6. The van der Waals surface area contributed by atoms with E-state index in [4.69, 9.17) is 15.2 Å². The van der Waals surface area contributed by atoms with Crippen molar-refractivity contribution in [2.45, 2.75) is 58.4 Å². The number of ether oxygens (including phenoxy) is 2. The number of nitrogens with two attached hydrogens (primary N) is 1. The third-order valence-electron chi connectivity index (χ3n) is 5.74. The number of hydrogen-bond donors (Lipinski definition) is 2. The van der Waals surface area contributed by atoms with Crippen LogP contribution in [0.15, 0.2) is 42.5 Å². The molecule has 0 aromatic heterocycles. The van der Waals surface area contributed by atoms with E-state index in [1.807, 2.05) is 0 Å². The summed E-state index contributed by atoms with van der Waals surface area (Å²) >= 11 is 0. The summed E-state index contributed by atoms with van der Waals surface area (Å²) in [5.74, 6) is -1.46. The first-order chi connectivity index (χ1) is 15.4. The summed E-state index contributed by atoms with van der Waals surface area (Å²) in [5, 5.41) is 2.89. The average Bonchev–Trinajstić information content (AvgIpc) is 2.74. The van der Waals surface area contributed by atoms with Crippen molar-refractivity contribution in [3.63, 3.8) is 0 Å². The second kappa shape index (κ2) is 9.31. The molecule has 1 aliphatic heterocycles. The predicted octanol–water partition coefficient (Wildman–Crippen LogP) is 3.57. The van der Waals surface area contributed by atoms with Crippen LogP contribution < -0.4 is 15.8 Å². The number of amides is 1. The minimum atomic E-state index is -1.03. The number of ketones is 1. The Bertz CT molecular complexity index is 1060. The summed E-state index contributed by atoms with van der Waals surface area (Å²) in [6.07, 6.45) is -0.950. The van der Waals surface area contributed by atoms with E-state index < -0.39 is 41.5 Å². The normalized spacial score (nSPS) is 19.8. The van der Waals surface area contributed by atoms with Gasteiger partial charge in [-0.15, -0.1) is 0 Å². The van der Waals surface area contributed by atoms with E-state index in [0.29, 0.717) is 16.9 Å². The average molecular weight is 457 g/mol. The number of carbonyl (C=O) groups is 3. The summed E-state index contributed by atoms with van der Waals surface area (Å²) < 4.78 is 25.2. The number of benzene rings is 2. The Morgan fingerprint density at radius 2 is 1.70 bits per heavy atom. The van der Waals surface area contributed by atoms with Crippen molar-refractivity contribution in [1.82, 2.24) is 5.32 Å². The molecular formula is C25H29FN2O5. The minimum absolute atomic E-state index is 0.158. The predicted molar refractivity (Wildman–Crippen MR) is 120 cm³/mol. The molecule has 8 heteroatoms. The molecule has 0 bridgehead atoms. The first-order valence-corrected chi connectivity index (χ1v) is 10.8. The van der Waals surface area contributed by atoms with Gasteiger partial charge >= 0.3 is 5.97 Å². The van der Waals surface area contributed by atoms with E-state index in [0.717, 1.165) is 0 Å². The molecule has 0 aliphatic carbocycles. The molecule has 1 heterocycles. The maximum atomic E-state index is 13.3. The Labute approximate surface area is 192 Å². The number of nitrogens with one attached hydrogen (secondary N) is 1. The summed E-state index contributed by atoms with van der Waals surface area (Å²) in [6.45, 7) is 8.52. The summed E-state index contributed by atoms with van der Waals surface area (Å²) in [4.78, 5) is 37.8. The van der Waals surface area contributed by atoms with Gasteiger partial charge in [-0.2, -0.15) is 0 Å². The van der Waals surface area contributed by atoms with E-state index in [-0.39, 0.29) is 17.3 Å². The highest BCUT2D eigenvalue weighted by Gasteiger charge is 2.48. The van der Waals surface area contributed by atoms with Gasteiger partial charge in [0.15, 0.2) is 11.9 Å². The highest BCUT2D eigenvalue weighted by atomic mass is 19.1. The van der Waals surface area contributed by atoms with Gasteiger partial charge in [0.25, 0.3) is 5.91 Å². The monoisotopic (exact) mass is 456 g/mol. The molecule has 176 valence electrons. The SMILES string of the molecule is CC(=O)c1ccc2c(c1)[C@H](NC(=O)c1ccc(F)cc1)[C@@H](OC(=O)[C@@H](N)C(C)C)C(C)(C)O2. The molecule has 3 rings (SSSR count). The molecule has 0 unspecified atom stereocenters. The van der Waals surface area contributed by atoms with Crippen LogP contribution in [0.5, 0.6) is 5.75 Å². The first kappa shape index (κ1) is 24.4. The number of Topliss-reactive ketones (excluding diaryl/α,β-unsaturated/α-hetero) is 1. The lowest BCUT2D eigenvalue weighted by Gasteiger charge is -2.44. The molecule has 7 nitrogen and oxygen atoms in total. The molecule has 0 spiro atoms. The smallest absolute Gasteiger partial charge is 0.323 e. The van der Waals surface area contributed by atoms with Crippen LogP contribution in [-0.2, 0) is 9.53 Å². The van der Waals surface area contributed by atoms with Crippen LogP contribution in [0.2, 0.25) is 0 Å². The van der Waals surface area contributed by atoms with Gasteiger partial charge in [-0.1, -0.05) is 13.8 Å². The van der Waals surface area contributed by atoms with Crippen LogP contribution in [0.4, 0.5) is 4.39 Å². The lowest BCUT2D eigenvalue weighted by molar-refractivity contribution is -0.168. The van der Waals surface area contributed by atoms with E-state index in [9.17, 15) is 18.8 Å². The molecule has 3 N–H and O–H groups in total. The number of rotatable bonds is 6. The Kier molecular flexibility index (Phi) is 6.88. The van der Waals surface area contributed by atoms with Crippen LogP contribution in [0.3, 0.4) is 0 Å². The van der Waals surface area contributed by atoms with Crippen molar-refractivity contribution in [2.24, 2.45) is 11.7 Å². The number of halogens is 1. The van der Waals surface area contributed by atoms with E-state index in [1.165, 1.54) is 31.2 Å². The van der Waals surface area contributed by atoms with Crippen LogP contribution in [0.1, 0.15) is 66.9 Å². The summed E-state index contributed by atoms with van der Waals surface area (Å²) in [6, 6.07) is 8.29. The van der Waals surface area contributed by atoms with Gasteiger partial charge in [-0.25, -0.2) is 4.39 Å². The molecule has 0 saturated carbocycles. The Morgan fingerprint density at radius 3 is 2.27 bits per heavy atom. The van der Waals surface area contributed by atoms with Crippen LogP contribution in [-0.4, -0.2) is 35.4 Å². The lowest BCUT2D eigenvalue weighted by atomic mass is 9.85. The third-order valence-corrected chi connectivity index (χ3v) is 5.74. The van der Waals surface area contributed by atoms with Crippen molar-refractivity contribution in [3.8, 4) is 5.75 Å². The van der Waals surface area contributed by atoms with Crippen molar-refractivity contribution in [2.75, 3.05) is 0 Å². The molecule has 0 saturated heterocycles. The third kappa shape index (κ3) is 5.22. The fraction of sp³-hybridized carbons (Fsp3) is 0.400. The maximum Gasteiger partial charge on any atom is 0.323 e. The first-order valence-electron chi connectivity index (χ1n) is 10.8. The second-order valence-electron chi connectivity index (χ2n) is 9.10. The molecule has 2 aromatic rings. The molecule has 1 amide bonds. The molecule has 33 heavy (non-hydrogen) atoms. The molecule has 3 atom stereocenters. The van der Waals surface area contributed by atoms with Gasteiger partial charge in [-0.3, -0.25) is 14.4 Å². The van der Waals surface area contributed by atoms with Crippen molar-refractivity contribution in [3.05, 3.63) is 65.0 Å².